The largest absolute Gasteiger partial charge is 0.465 e. The third-order valence-electron chi connectivity index (χ3n) is 4.87. The first kappa shape index (κ1) is 16.8. The number of nitrogens with zero attached hydrogens (tertiary/aromatic N) is 1. The molecule has 0 aliphatic carbocycles. The minimum absolute atomic E-state index is 0.303. The van der Waals surface area contributed by atoms with Crippen molar-refractivity contribution in [2.75, 3.05) is 31.8 Å². The maximum atomic E-state index is 12.4. The molecular formula is C19H25NO4. The Morgan fingerprint density at radius 3 is 2.71 bits per heavy atom. The summed E-state index contributed by atoms with van der Waals surface area (Å²) >= 11 is 0. The Hall–Kier alpha value is -2.01. The van der Waals surface area contributed by atoms with Crippen LogP contribution in [0.4, 0.5) is 5.69 Å². The lowest BCUT2D eigenvalue weighted by molar-refractivity contribution is 0.0601. The van der Waals surface area contributed by atoms with E-state index in [9.17, 15) is 4.79 Å². The topological polar surface area (TPSA) is 51.9 Å². The van der Waals surface area contributed by atoms with Gasteiger partial charge < -0.3 is 18.8 Å². The summed E-state index contributed by atoms with van der Waals surface area (Å²) < 4.78 is 16.2. The normalized spacial score (nSPS) is 15.6. The highest BCUT2D eigenvalue weighted by Gasteiger charge is 2.27. The number of hydrogen-bond donors (Lipinski definition) is 0. The molecule has 1 aromatic carbocycles. The molecule has 1 aromatic heterocycles. The predicted molar refractivity (Wildman–Crippen MR) is 93.8 cm³/mol. The van der Waals surface area contributed by atoms with E-state index in [1.165, 1.54) is 7.11 Å². The van der Waals surface area contributed by atoms with Gasteiger partial charge in [-0.2, -0.15) is 0 Å². The number of fused-ring (bicyclic) bond motifs is 1. The van der Waals surface area contributed by atoms with Crippen LogP contribution in [0, 0.1) is 0 Å². The van der Waals surface area contributed by atoms with Gasteiger partial charge in [0.1, 0.15) is 5.58 Å². The fourth-order valence-electron chi connectivity index (χ4n) is 3.71. The number of benzene rings is 1. The Morgan fingerprint density at radius 1 is 1.33 bits per heavy atom. The van der Waals surface area contributed by atoms with Crippen LogP contribution in [0.2, 0.25) is 0 Å². The van der Waals surface area contributed by atoms with Gasteiger partial charge in [-0.15, -0.1) is 0 Å². The molecule has 1 fully saturated rings. The number of rotatable bonds is 5. The third-order valence-corrected chi connectivity index (χ3v) is 4.87. The van der Waals surface area contributed by atoms with Gasteiger partial charge in [0, 0.05) is 42.9 Å². The Bertz CT molecular complexity index is 715. The fourth-order valence-corrected chi connectivity index (χ4v) is 3.71. The van der Waals surface area contributed by atoms with Crippen LogP contribution < -0.4 is 4.90 Å². The molecule has 1 aliphatic rings. The monoisotopic (exact) mass is 331 g/mol. The highest BCUT2D eigenvalue weighted by Crippen LogP contribution is 2.35. The molecule has 0 amide bonds. The molecule has 2 heterocycles. The SMILES string of the molecule is CCc1c(N(CC)C2CCOCC2)cc2occc2c1C(=O)OC. The average molecular weight is 331 g/mol. The van der Waals surface area contributed by atoms with E-state index in [2.05, 4.69) is 24.8 Å². The zero-order chi connectivity index (χ0) is 17.1. The van der Waals surface area contributed by atoms with Crippen molar-refractivity contribution >= 4 is 22.6 Å². The maximum absolute atomic E-state index is 12.4. The molecule has 0 unspecified atom stereocenters. The Kier molecular flexibility index (Phi) is 5.09. The summed E-state index contributed by atoms with van der Waals surface area (Å²) in [6.07, 6.45) is 4.40. The van der Waals surface area contributed by atoms with Crippen LogP contribution in [0.15, 0.2) is 22.8 Å². The summed E-state index contributed by atoms with van der Waals surface area (Å²) in [5.74, 6) is -0.303. The van der Waals surface area contributed by atoms with Crippen LogP contribution in [0.5, 0.6) is 0 Å². The third kappa shape index (κ3) is 2.88. The number of esters is 1. The molecule has 1 saturated heterocycles. The lowest BCUT2D eigenvalue weighted by Crippen LogP contribution is -2.40. The second kappa shape index (κ2) is 7.26. The molecule has 24 heavy (non-hydrogen) atoms. The summed E-state index contributed by atoms with van der Waals surface area (Å²) in [5, 5.41) is 0.825. The van der Waals surface area contributed by atoms with Crippen molar-refractivity contribution in [1.29, 1.82) is 0 Å². The van der Waals surface area contributed by atoms with E-state index in [0.29, 0.717) is 11.6 Å². The highest BCUT2D eigenvalue weighted by atomic mass is 16.5. The van der Waals surface area contributed by atoms with Crippen molar-refractivity contribution in [2.45, 2.75) is 39.2 Å². The number of methoxy groups -OCH3 is 1. The molecule has 5 nitrogen and oxygen atoms in total. The molecule has 5 heteroatoms. The summed E-state index contributed by atoms with van der Waals surface area (Å²) in [4.78, 5) is 14.8. The highest BCUT2D eigenvalue weighted by molar-refractivity contribution is 6.06. The van der Waals surface area contributed by atoms with Gasteiger partial charge in [0.15, 0.2) is 0 Å². The number of furan rings is 1. The molecule has 0 spiro atoms. The molecule has 0 bridgehead atoms. The summed E-state index contributed by atoms with van der Waals surface area (Å²) in [7, 11) is 1.43. The first-order chi connectivity index (χ1) is 11.7. The second-order valence-corrected chi connectivity index (χ2v) is 6.06. The fraction of sp³-hybridized carbons (Fsp3) is 0.526. The van der Waals surface area contributed by atoms with E-state index in [1.54, 1.807) is 6.26 Å². The van der Waals surface area contributed by atoms with Crippen molar-refractivity contribution in [3.63, 3.8) is 0 Å². The van der Waals surface area contributed by atoms with Gasteiger partial charge in [-0.3, -0.25) is 0 Å². The minimum Gasteiger partial charge on any atom is -0.465 e. The Balaban J connectivity index is 2.16. The quantitative estimate of drug-likeness (QED) is 0.780. The van der Waals surface area contributed by atoms with E-state index < -0.39 is 0 Å². The zero-order valence-electron chi connectivity index (χ0n) is 14.6. The number of carbonyl (C=O) groups excluding carboxylic acids is 1. The number of hydrogen-bond acceptors (Lipinski definition) is 5. The van der Waals surface area contributed by atoms with Crippen molar-refractivity contribution in [3.8, 4) is 0 Å². The van der Waals surface area contributed by atoms with Crippen LogP contribution >= 0.6 is 0 Å². The molecule has 0 N–H and O–H groups in total. The van der Waals surface area contributed by atoms with Gasteiger partial charge in [-0.25, -0.2) is 4.79 Å². The number of ether oxygens (including phenoxy) is 2. The van der Waals surface area contributed by atoms with E-state index >= 15 is 0 Å². The van der Waals surface area contributed by atoms with E-state index in [4.69, 9.17) is 13.9 Å². The molecule has 0 radical (unpaired) electrons. The van der Waals surface area contributed by atoms with Gasteiger partial charge in [0.25, 0.3) is 0 Å². The Morgan fingerprint density at radius 2 is 2.08 bits per heavy atom. The summed E-state index contributed by atoms with van der Waals surface area (Å²) in [5.41, 5.74) is 3.47. The molecule has 130 valence electrons. The first-order valence-electron chi connectivity index (χ1n) is 8.67. The van der Waals surface area contributed by atoms with Crippen LogP contribution in [0.25, 0.3) is 11.0 Å². The number of carbonyl (C=O) groups is 1. The van der Waals surface area contributed by atoms with Gasteiger partial charge >= 0.3 is 5.97 Å². The molecule has 2 aromatic rings. The van der Waals surface area contributed by atoms with Crippen LogP contribution in [0.1, 0.15) is 42.6 Å². The van der Waals surface area contributed by atoms with Gasteiger partial charge in [-0.05, 0) is 37.8 Å². The standard InChI is InChI=1S/C19H25NO4/c1-4-14-16(20(5-2)13-6-9-23-10-7-13)12-17-15(8-11-24-17)18(14)19(21)22-3/h8,11-13H,4-7,9-10H2,1-3H3. The predicted octanol–water partition coefficient (Wildman–Crippen LogP) is 3.79. The lowest BCUT2D eigenvalue weighted by atomic mass is 9.96. The maximum Gasteiger partial charge on any atom is 0.338 e. The average Bonchev–Trinajstić information content (AvgIpc) is 3.09. The zero-order valence-corrected chi connectivity index (χ0v) is 14.6. The summed E-state index contributed by atoms with van der Waals surface area (Å²) in [6.45, 7) is 6.68. The summed E-state index contributed by atoms with van der Waals surface area (Å²) in [6, 6.07) is 4.33. The van der Waals surface area contributed by atoms with Crippen molar-refractivity contribution in [1.82, 2.24) is 0 Å². The number of anilines is 1. The molecule has 0 saturated carbocycles. The van der Waals surface area contributed by atoms with Crippen LogP contribution in [0.3, 0.4) is 0 Å². The van der Waals surface area contributed by atoms with Crippen molar-refractivity contribution in [3.05, 3.63) is 29.5 Å². The van der Waals surface area contributed by atoms with Crippen molar-refractivity contribution < 1.29 is 18.7 Å². The second-order valence-electron chi connectivity index (χ2n) is 6.06. The lowest BCUT2D eigenvalue weighted by Gasteiger charge is -2.36. The molecular weight excluding hydrogens is 306 g/mol. The van der Waals surface area contributed by atoms with Crippen LogP contribution in [-0.2, 0) is 15.9 Å². The van der Waals surface area contributed by atoms with Gasteiger partial charge in [0.05, 0.1) is 18.9 Å². The van der Waals surface area contributed by atoms with Crippen LogP contribution in [-0.4, -0.2) is 38.9 Å². The van der Waals surface area contributed by atoms with Gasteiger partial charge in [0.2, 0.25) is 0 Å². The van der Waals surface area contributed by atoms with Crippen molar-refractivity contribution in [2.24, 2.45) is 0 Å². The van der Waals surface area contributed by atoms with E-state index in [1.807, 2.05) is 6.07 Å². The smallest absolute Gasteiger partial charge is 0.338 e. The van der Waals surface area contributed by atoms with E-state index in [-0.39, 0.29) is 5.97 Å². The molecule has 1 aliphatic heterocycles. The molecule has 0 atom stereocenters. The minimum atomic E-state index is -0.303. The first-order valence-corrected chi connectivity index (χ1v) is 8.67. The molecule has 3 rings (SSSR count). The van der Waals surface area contributed by atoms with Gasteiger partial charge in [-0.1, -0.05) is 6.92 Å². The van der Waals surface area contributed by atoms with E-state index in [0.717, 1.165) is 61.2 Å². The Labute approximate surface area is 142 Å².